The molecule has 0 aliphatic carbocycles. The van der Waals surface area contributed by atoms with E-state index in [1.165, 1.54) is 24.4 Å². The Bertz CT molecular complexity index is 762. The van der Waals surface area contributed by atoms with Gasteiger partial charge in [-0.15, -0.1) is 6.58 Å². The Labute approximate surface area is 141 Å². The number of anilines is 2. The van der Waals surface area contributed by atoms with Gasteiger partial charge in [-0.1, -0.05) is 17.7 Å². The van der Waals surface area contributed by atoms with Crippen molar-refractivity contribution in [3.8, 4) is 0 Å². The first-order valence-electron chi connectivity index (χ1n) is 6.80. The van der Waals surface area contributed by atoms with Crippen LogP contribution in [0.4, 0.5) is 24.7 Å². The van der Waals surface area contributed by atoms with Crippen LogP contribution in [-0.2, 0) is 6.18 Å². The molecule has 126 valence electrons. The number of amides is 1. The highest BCUT2D eigenvalue weighted by molar-refractivity contribution is 6.33. The van der Waals surface area contributed by atoms with Gasteiger partial charge in [0.2, 0.25) is 0 Å². The Morgan fingerprint density at radius 3 is 2.71 bits per heavy atom. The molecule has 8 heteroatoms. The second-order valence-electron chi connectivity index (χ2n) is 4.75. The average Bonchev–Trinajstić information content (AvgIpc) is 2.54. The molecule has 0 spiro atoms. The van der Waals surface area contributed by atoms with E-state index < -0.39 is 11.7 Å². The average molecular weight is 356 g/mol. The van der Waals surface area contributed by atoms with Gasteiger partial charge in [-0.2, -0.15) is 13.2 Å². The van der Waals surface area contributed by atoms with Gasteiger partial charge in [-0.05, 0) is 30.3 Å². The van der Waals surface area contributed by atoms with Gasteiger partial charge in [0.15, 0.2) is 0 Å². The monoisotopic (exact) mass is 355 g/mol. The first-order chi connectivity index (χ1) is 11.3. The minimum absolute atomic E-state index is 0.0441. The number of carbonyl (C=O) groups excluding carboxylic acids is 1. The van der Waals surface area contributed by atoms with Crippen molar-refractivity contribution < 1.29 is 18.0 Å². The third-order valence-electron chi connectivity index (χ3n) is 2.99. The van der Waals surface area contributed by atoms with Gasteiger partial charge in [-0.3, -0.25) is 4.79 Å². The molecule has 0 atom stereocenters. The number of nitrogens with one attached hydrogen (secondary N) is 2. The van der Waals surface area contributed by atoms with Crippen LogP contribution in [0.1, 0.15) is 15.9 Å². The minimum atomic E-state index is -4.49. The summed E-state index contributed by atoms with van der Waals surface area (Å²) in [4.78, 5) is 15.9. The number of nitrogens with zero attached hydrogens (tertiary/aromatic N) is 1. The maximum atomic E-state index is 12.8. The summed E-state index contributed by atoms with van der Waals surface area (Å²) in [7, 11) is 0. The second-order valence-corrected chi connectivity index (χ2v) is 5.15. The summed E-state index contributed by atoms with van der Waals surface area (Å²) >= 11 is 5.92. The predicted octanol–water partition coefficient (Wildman–Crippen LogP) is 4.41. The van der Waals surface area contributed by atoms with E-state index in [0.717, 1.165) is 18.2 Å². The topological polar surface area (TPSA) is 54.0 Å². The zero-order chi connectivity index (χ0) is 17.7. The summed E-state index contributed by atoms with van der Waals surface area (Å²) < 4.78 is 38.3. The highest BCUT2D eigenvalue weighted by Crippen LogP contribution is 2.34. The number of alkyl halides is 3. The molecule has 1 aromatic carbocycles. The van der Waals surface area contributed by atoms with Gasteiger partial charge in [0.1, 0.15) is 5.82 Å². The molecule has 0 fully saturated rings. The van der Waals surface area contributed by atoms with E-state index in [2.05, 4.69) is 22.2 Å². The first-order valence-corrected chi connectivity index (χ1v) is 7.18. The Kier molecular flexibility index (Phi) is 5.46. The van der Waals surface area contributed by atoms with Crippen LogP contribution in [0.15, 0.2) is 49.2 Å². The lowest BCUT2D eigenvalue weighted by Gasteiger charge is -2.12. The molecule has 0 radical (unpaired) electrons. The van der Waals surface area contributed by atoms with E-state index in [-0.39, 0.29) is 22.4 Å². The molecule has 1 heterocycles. The van der Waals surface area contributed by atoms with E-state index in [1.807, 2.05) is 0 Å². The van der Waals surface area contributed by atoms with Gasteiger partial charge >= 0.3 is 6.18 Å². The normalized spacial score (nSPS) is 11.0. The van der Waals surface area contributed by atoms with Crippen LogP contribution in [-0.4, -0.2) is 17.4 Å². The quantitative estimate of drug-likeness (QED) is 0.781. The van der Waals surface area contributed by atoms with Crippen LogP contribution in [0, 0.1) is 0 Å². The molecule has 0 aliphatic heterocycles. The Morgan fingerprint density at radius 1 is 1.29 bits per heavy atom. The largest absolute Gasteiger partial charge is 0.416 e. The maximum absolute atomic E-state index is 12.8. The molecule has 1 amide bonds. The number of rotatable bonds is 5. The van der Waals surface area contributed by atoms with Gasteiger partial charge in [-0.25, -0.2) is 4.98 Å². The van der Waals surface area contributed by atoms with Crippen molar-refractivity contribution in [3.63, 3.8) is 0 Å². The van der Waals surface area contributed by atoms with Gasteiger partial charge in [0, 0.05) is 18.3 Å². The van der Waals surface area contributed by atoms with Crippen LogP contribution in [0.25, 0.3) is 0 Å². The van der Waals surface area contributed by atoms with Gasteiger partial charge in [0.05, 0.1) is 16.3 Å². The molecular weight excluding hydrogens is 343 g/mol. The summed E-state index contributed by atoms with van der Waals surface area (Å²) in [5.74, 6) is -0.155. The molecule has 0 aliphatic rings. The summed E-state index contributed by atoms with van der Waals surface area (Å²) in [6.45, 7) is 3.79. The molecule has 24 heavy (non-hydrogen) atoms. The van der Waals surface area contributed by atoms with Crippen molar-refractivity contribution in [3.05, 3.63) is 65.3 Å². The molecule has 2 aromatic rings. The highest BCUT2D eigenvalue weighted by Gasteiger charge is 2.31. The summed E-state index contributed by atoms with van der Waals surface area (Å²) in [6.07, 6.45) is -1.59. The minimum Gasteiger partial charge on any atom is -0.349 e. The molecular formula is C16H13ClF3N3O. The van der Waals surface area contributed by atoms with Crippen molar-refractivity contribution in [2.45, 2.75) is 6.18 Å². The van der Waals surface area contributed by atoms with Crippen LogP contribution >= 0.6 is 11.6 Å². The smallest absolute Gasteiger partial charge is 0.349 e. The van der Waals surface area contributed by atoms with Gasteiger partial charge in [0.25, 0.3) is 5.91 Å². The predicted molar refractivity (Wildman–Crippen MR) is 86.5 cm³/mol. The Morgan fingerprint density at radius 2 is 2.04 bits per heavy atom. The Hall–Kier alpha value is -2.54. The lowest BCUT2D eigenvalue weighted by Crippen LogP contribution is -2.23. The number of pyridine rings is 1. The number of hydrogen-bond acceptors (Lipinski definition) is 3. The standard InChI is InChI=1S/C16H13ClF3N3O/c1-2-6-22-15(24)10-5-7-21-14(8-10)23-13-9-11(16(18,19)20)3-4-12(13)17/h2-5,7-9H,1,6H2,(H,21,23)(H,22,24). The fraction of sp³-hybridized carbons (Fsp3) is 0.125. The van der Waals surface area contributed by atoms with Gasteiger partial charge < -0.3 is 10.6 Å². The van der Waals surface area contributed by atoms with Crippen molar-refractivity contribution in [1.82, 2.24) is 10.3 Å². The summed E-state index contributed by atoms with van der Waals surface area (Å²) in [5.41, 5.74) is -0.491. The van der Waals surface area contributed by atoms with E-state index in [1.54, 1.807) is 0 Å². The number of aromatic nitrogens is 1. The van der Waals surface area contributed by atoms with Crippen LogP contribution in [0.2, 0.25) is 5.02 Å². The van der Waals surface area contributed by atoms with E-state index in [0.29, 0.717) is 12.1 Å². The highest BCUT2D eigenvalue weighted by atomic mass is 35.5. The molecule has 1 aromatic heterocycles. The molecule has 4 nitrogen and oxygen atoms in total. The van der Waals surface area contributed by atoms with Crippen LogP contribution in [0.3, 0.4) is 0 Å². The molecule has 0 bridgehead atoms. The second kappa shape index (κ2) is 7.35. The van der Waals surface area contributed by atoms with Crippen LogP contribution < -0.4 is 10.6 Å². The van der Waals surface area contributed by atoms with E-state index in [9.17, 15) is 18.0 Å². The van der Waals surface area contributed by atoms with Crippen molar-refractivity contribution in [2.24, 2.45) is 0 Å². The molecule has 0 saturated heterocycles. The summed E-state index contributed by atoms with van der Waals surface area (Å²) in [6, 6.07) is 5.81. The fourth-order valence-corrected chi connectivity index (χ4v) is 2.01. The van der Waals surface area contributed by atoms with Crippen molar-refractivity contribution in [1.29, 1.82) is 0 Å². The van der Waals surface area contributed by atoms with Crippen LogP contribution in [0.5, 0.6) is 0 Å². The van der Waals surface area contributed by atoms with E-state index >= 15 is 0 Å². The Balaban J connectivity index is 2.25. The number of benzene rings is 1. The van der Waals surface area contributed by atoms with E-state index in [4.69, 9.17) is 11.6 Å². The fourth-order valence-electron chi connectivity index (χ4n) is 1.84. The SMILES string of the molecule is C=CCNC(=O)c1ccnc(Nc2cc(C(F)(F)F)ccc2Cl)c1. The zero-order valence-electron chi connectivity index (χ0n) is 12.3. The third-order valence-corrected chi connectivity index (χ3v) is 3.32. The van der Waals surface area contributed by atoms with Crippen molar-refractivity contribution in [2.75, 3.05) is 11.9 Å². The number of carbonyl (C=O) groups is 1. The first kappa shape index (κ1) is 17.8. The molecule has 0 saturated carbocycles. The molecule has 0 unspecified atom stereocenters. The number of halogens is 4. The lowest BCUT2D eigenvalue weighted by molar-refractivity contribution is -0.137. The third kappa shape index (κ3) is 4.48. The molecule has 2 rings (SSSR count). The zero-order valence-corrected chi connectivity index (χ0v) is 13.1. The maximum Gasteiger partial charge on any atom is 0.416 e. The molecule has 2 N–H and O–H groups in total. The van der Waals surface area contributed by atoms with Crippen molar-refractivity contribution >= 4 is 29.0 Å². The number of hydrogen-bond donors (Lipinski definition) is 2. The lowest BCUT2D eigenvalue weighted by atomic mass is 10.2. The summed E-state index contributed by atoms with van der Waals surface area (Å²) in [5, 5.41) is 5.39.